The van der Waals surface area contributed by atoms with Crippen molar-refractivity contribution in [3.63, 3.8) is 0 Å². The van der Waals surface area contributed by atoms with Gasteiger partial charge in [-0.15, -0.1) is 0 Å². The first-order chi connectivity index (χ1) is 17.8. The predicted molar refractivity (Wildman–Crippen MR) is 141 cm³/mol. The number of benzene rings is 2. The van der Waals surface area contributed by atoms with E-state index in [9.17, 15) is 24.0 Å². The number of nitrogen functional groups attached to an aromatic ring is 1. The van der Waals surface area contributed by atoms with Crippen LogP contribution in [0.25, 0.3) is 0 Å². The van der Waals surface area contributed by atoms with Crippen LogP contribution in [0.2, 0.25) is 0 Å². The number of imide groups is 1. The third kappa shape index (κ3) is 7.01. The number of carbonyl (C=O) groups excluding carboxylic acids is 5. The summed E-state index contributed by atoms with van der Waals surface area (Å²) in [5, 5.41) is 5.55. The highest BCUT2D eigenvalue weighted by Crippen LogP contribution is 2.25. The average Bonchev–Trinajstić information content (AvgIpc) is 2.93. The molecule has 4 N–H and O–H groups in total. The maximum Gasteiger partial charge on any atom is 0.255 e. The molecule has 0 aliphatic carbocycles. The molecule has 2 aromatic rings. The van der Waals surface area contributed by atoms with Crippen molar-refractivity contribution in [1.29, 1.82) is 0 Å². The molecule has 10 heteroatoms. The van der Waals surface area contributed by atoms with Gasteiger partial charge >= 0.3 is 0 Å². The molecule has 0 spiro atoms. The van der Waals surface area contributed by atoms with Gasteiger partial charge in [-0.3, -0.25) is 29.3 Å². The van der Waals surface area contributed by atoms with Crippen molar-refractivity contribution in [2.75, 3.05) is 37.8 Å². The molecule has 2 heterocycles. The van der Waals surface area contributed by atoms with Gasteiger partial charge in [0.15, 0.2) is 6.29 Å². The van der Waals surface area contributed by atoms with Gasteiger partial charge < -0.3 is 20.9 Å². The summed E-state index contributed by atoms with van der Waals surface area (Å²) in [7, 11) is 3.49. The minimum Gasteiger partial charge on any atom is -0.399 e. The zero-order valence-corrected chi connectivity index (χ0v) is 21.1. The van der Waals surface area contributed by atoms with E-state index in [1.165, 1.54) is 11.9 Å². The second-order valence-corrected chi connectivity index (χ2v) is 9.11. The molecule has 0 aromatic heterocycles. The van der Waals surface area contributed by atoms with Crippen LogP contribution in [0, 0.1) is 0 Å². The molecule has 10 nitrogen and oxygen atoms in total. The van der Waals surface area contributed by atoms with E-state index < -0.39 is 17.9 Å². The molecule has 37 heavy (non-hydrogen) atoms. The third-order valence-corrected chi connectivity index (χ3v) is 6.73. The highest BCUT2D eigenvalue weighted by atomic mass is 16.2. The summed E-state index contributed by atoms with van der Waals surface area (Å²) in [6.07, 6.45) is 3.92. The first kappa shape index (κ1) is 27.5. The first-order valence-electron chi connectivity index (χ1n) is 12.2. The molecule has 0 saturated carbocycles. The Bertz CT molecular complexity index is 1140. The summed E-state index contributed by atoms with van der Waals surface area (Å²) in [5.74, 6) is -1.21. The Kier molecular flexibility index (Phi) is 9.51. The molecule has 2 aromatic carbocycles. The van der Waals surface area contributed by atoms with Crippen LogP contribution in [0.1, 0.15) is 56.8 Å². The van der Waals surface area contributed by atoms with E-state index in [0.717, 1.165) is 37.9 Å². The number of likely N-dealkylation sites (N-methyl/N-ethyl adjacent to an activating group) is 1. The zero-order chi connectivity index (χ0) is 26.9. The van der Waals surface area contributed by atoms with Crippen molar-refractivity contribution in [3.05, 3.63) is 59.2 Å². The lowest BCUT2D eigenvalue weighted by Gasteiger charge is -2.34. The number of nitrogens with one attached hydrogen (secondary N) is 2. The molecule has 196 valence electrons. The lowest BCUT2D eigenvalue weighted by atomic mass is 10.00. The summed E-state index contributed by atoms with van der Waals surface area (Å²) >= 11 is 0. The van der Waals surface area contributed by atoms with Gasteiger partial charge in [0.1, 0.15) is 12.3 Å². The minimum absolute atomic E-state index is 0.189. The molecule has 1 unspecified atom stereocenters. The highest BCUT2D eigenvalue weighted by Gasteiger charge is 2.33. The van der Waals surface area contributed by atoms with E-state index in [2.05, 4.69) is 15.5 Å². The van der Waals surface area contributed by atoms with Crippen LogP contribution < -0.4 is 21.3 Å². The van der Waals surface area contributed by atoms with Crippen LogP contribution >= 0.6 is 0 Å². The van der Waals surface area contributed by atoms with Crippen molar-refractivity contribution < 1.29 is 24.0 Å². The van der Waals surface area contributed by atoms with Crippen LogP contribution in [0.15, 0.2) is 42.5 Å². The van der Waals surface area contributed by atoms with Crippen LogP contribution in [-0.4, -0.2) is 74.5 Å². The smallest absolute Gasteiger partial charge is 0.255 e. The standard InChI is InChI=1S/C20H26N4O4.C7H7NO/c1-21-14-7-9-24(10-8-14)15-4-3-13(12-25)16(11-15)20(28)23(2)17-5-6-18(26)22-19(17)27;8-7-3-1-6(5-9)2-4-7/h3-4,11-12,14,17,21H,5-10H2,1-2H3,(H,22,26,27);1-5H,8H2. The number of nitrogens with two attached hydrogens (primary N) is 1. The predicted octanol–water partition coefficient (Wildman–Crippen LogP) is 1.65. The molecule has 0 bridgehead atoms. The number of hydrogen-bond acceptors (Lipinski definition) is 8. The van der Waals surface area contributed by atoms with Gasteiger partial charge in [0.25, 0.3) is 5.91 Å². The fourth-order valence-corrected chi connectivity index (χ4v) is 4.41. The van der Waals surface area contributed by atoms with Gasteiger partial charge in [0.05, 0.1) is 5.56 Å². The number of nitrogens with zero attached hydrogens (tertiary/aromatic N) is 2. The van der Waals surface area contributed by atoms with Gasteiger partial charge in [0, 0.05) is 55.1 Å². The number of rotatable bonds is 6. The number of aldehydes is 2. The molecule has 2 aliphatic rings. The van der Waals surface area contributed by atoms with E-state index in [1.54, 1.807) is 36.4 Å². The molecule has 2 aliphatic heterocycles. The van der Waals surface area contributed by atoms with Gasteiger partial charge in [-0.05, 0) is 68.8 Å². The molecule has 3 amide bonds. The topological polar surface area (TPSA) is 142 Å². The number of amides is 3. The maximum atomic E-state index is 13.1. The maximum absolute atomic E-state index is 13.1. The molecular formula is C27H33N5O5. The Hall–Kier alpha value is -4.05. The van der Waals surface area contributed by atoms with Crippen molar-refractivity contribution in [1.82, 2.24) is 15.5 Å². The largest absolute Gasteiger partial charge is 0.399 e. The number of hydrogen-bond donors (Lipinski definition) is 3. The quantitative estimate of drug-likeness (QED) is 0.304. The second kappa shape index (κ2) is 12.8. The molecule has 0 radical (unpaired) electrons. The SMILES string of the molecule is CNC1CCN(c2ccc(C=O)c(C(=O)N(C)C3CCC(=O)NC3=O)c2)CC1.Nc1ccc(C=O)cc1. The van der Waals surface area contributed by atoms with Crippen LogP contribution in [0.5, 0.6) is 0 Å². The molecule has 1 atom stereocenters. The lowest BCUT2D eigenvalue weighted by Crippen LogP contribution is -2.53. The van der Waals surface area contributed by atoms with Gasteiger partial charge in [-0.25, -0.2) is 0 Å². The number of carbonyl (C=O) groups is 5. The van der Waals surface area contributed by atoms with E-state index in [-0.39, 0.29) is 29.9 Å². The van der Waals surface area contributed by atoms with Crippen molar-refractivity contribution in [2.24, 2.45) is 0 Å². The van der Waals surface area contributed by atoms with Crippen molar-refractivity contribution >= 4 is 41.7 Å². The number of anilines is 2. The van der Waals surface area contributed by atoms with E-state index in [4.69, 9.17) is 5.73 Å². The Morgan fingerprint density at radius 2 is 1.73 bits per heavy atom. The molecule has 2 fully saturated rings. The van der Waals surface area contributed by atoms with Gasteiger partial charge in [-0.1, -0.05) is 0 Å². The third-order valence-electron chi connectivity index (χ3n) is 6.73. The normalized spacial score (nSPS) is 17.8. The van der Waals surface area contributed by atoms with Crippen molar-refractivity contribution in [2.45, 2.75) is 37.8 Å². The average molecular weight is 508 g/mol. The van der Waals surface area contributed by atoms with Crippen LogP contribution in [0.4, 0.5) is 11.4 Å². The minimum atomic E-state index is -0.722. The monoisotopic (exact) mass is 507 g/mol. The summed E-state index contributed by atoms with van der Waals surface area (Å²) in [4.78, 5) is 61.6. The summed E-state index contributed by atoms with van der Waals surface area (Å²) < 4.78 is 0. The van der Waals surface area contributed by atoms with Crippen LogP contribution in [-0.2, 0) is 9.59 Å². The number of piperidine rings is 2. The Morgan fingerprint density at radius 3 is 2.30 bits per heavy atom. The summed E-state index contributed by atoms with van der Waals surface area (Å²) in [5.41, 5.74) is 8.16. The second-order valence-electron chi connectivity index (χ2n) is 9.11. The summed E-state index contributed by atoms with van der Waals surface area (Å²) in [6, 6.07) is 11.8. The Morgan fingerprint density at radius 1 is 1.05 bits per heavy atom. The van der Waals surface area contributed by atoms with E-state index in [0.29, 0.717) is 23.6 Å². The van der Waals surface area contributed by atoms with Gasteiger partial charge in [-0.2, -0.15) is 0 Å². The molecular weight excluding hydrogens is 474 g/mol. The zero-order valence-electron chi connectivity index (χ0n) is 21.1. The Labute approximate surface area is 216 Å². The highest BCUT2D eigenvalue weighted by molar-refractivity contribution is 6.06. The fraction of sp³-hybridized carbons (Fsp3) is 0.370. The van der Waals surface area contributed by atoms with Gasteiger partial charge in [0.2, 0.25) is 11.8 Å². The van der Waals surface area contributed by atoms with Crippen LogP contribution in [0.3, 0.4) is 0 Å². The van der Waals surface area contributed by atoms with E-state index >= 15 is 0 Å². The fourth-order valence-electron chi connectivity index (χ4n) is 4.41. The Balaban J connectivity index is 0.000000356. The van der Waals surface area contributed by atoms with Crippen molar-refractivity contribution in [3.8, 4) is 0 Å². The molecule has 4 rings (SSSR count). The molecule has 2 saturated heterocycles. The summed E-state index contributed by atoms with van der Waals surface area (Å²) in [6.45, 7) is 1.73. The van der Waals surface area contributed by atoms with E-state index in [1.807, 2.05) is 13.1 Å². The first-order valence-corrected chi connectivity index (χ1v) is 12.2. The lowest BCUT2D eigenvalue weighted by molar-refractivity contribution is -0.136.